The molecule has 7 heteroatoms. The minimum absolute atomic E-state index is 0.131. The Labute approximate surface area is 162 Å². The minimum Gasteiger partial charge on any atom is -0.489 e. The van der Waals surface area contributed by atoms with E-state index in [1.54, 1.807) is 12.1 Å². The standard InChI is InChI=1S/C20H19ClN2O4/c21-15-9-14(11-17-18(15)27-8-4-7-26-17)12-23-19(24)16(22-20(23)25)10-13-5-2-1-3-6-13/h1-3,5-6,9,11,16H,4,7-8,10,12H2,(H,22,25)/t16-/m1/s1. The summed E-state index contributed by atoms with van der Waals surface area (Å²) in [6.45, 7) is 1.21. The second kappa shape index (κ2) is 7.48. The fraction of sp³-hybridized carbons (Fsp3) is 0.300. The van der Waals surface area contributed by atoms with E-state index in [1.807, 2.05) is 30.3 Å². The van der Waals surface area contributed by atoms with Crippen LogP contribution in [0, 0.1) is 0 Å². The molecular weight excluding hydrogens is 368 g/mol. The van der Waals surface area contributed by atoms with Crippen LogP contribution in [0.1, 0.15) is 17.5 Å². The zero-order chi connectivity index (χ0) is 18.8. The topological polar surface area (TPSA) is 67.9 Å². The van der Waals surface area contributed by atoms with E-state index in [0.29, 0.717) is 41.7 Å². The highest BCUT2D eigenvalue weighted by atomic mass is 35.5. The van der Waals surface area contributed by atoms with E-state index in [1.165, 1.54) is 4.90 Å². The number of urea groups is 1. The van der Waals surface area contributed by atoms with Crippen molar-refractivity contribution in [1.29, 1.82) is 0 Å². The van der Waals surface area contributed by atoms with Gasteiger partial charge in [0.2, 0.25) is 0 Å². The molecule has 3 amide bonds. The number of carbonyl (C=O) groups excluding carboxylic acids is 2. The number of nitrogens with zero attached hydrogens (tertiary/aromatic N) is 1. The predicted molar refractivity (Wildman–Crippen MR) is 100 cm³/mol. The van der Waals surface area contributed by atoms with Gasteiger partial charge in [0.15, 0.2) is 11.5 Å². The zero-order valence-electron chi connectivity index (χ0n) is 14.6. The molecule has 0 saturated carbocycles. The van der Waals surface area contributed by atoms with Crippen molar-refractivity contribution < 1.29 is 19.1 Å². The third-order valence-electron chi connectivity index (χ3n) is 4.59. The van der Waals surface area contributed by atoms with Crippen molar-refractivity contribution in [3.05, 3.63) is 58.6 Å². The van der Waals surface area contributed by atoms with Gasteiger partial charge >= 0.3 is 6.03 Å². The van der Waals surface area contributed by atoms with Crippen LogP contribution in [0.3, 0.4) is 0 Å². The lowest BCUT2D eigenvalue weighted by Gasteiger charge is -2.16. The van der Waals surface area contributed by atoms with Gasteiger partial charge in [0.1, 0.15) is 6.04 Å². The summed E-state index contributed by atoms with van der Waals surface area (Å²) in [7, 11) is 0. The van der Waals surface area contributed by atoms with Gasteiger partial charge in [-0.25, -0.2) is 4.79 Å². The van der Waals surface area contributed by atoms with Crippen LogP contribution >= 0.6 is 11.6 Å². The van der Waals surface area contributed by atoms with Crippen LogP contribution in [0.2, 0.25) is 5.02 Å². The van der Waals surface area contributed by atoms with Crippen molar-refractivity contribution in [2.75, 3.05) is 13.2 Å². The van der Waals surface area contributed by atoms with Gasteiger partial charge in [0, 0.05) is 12.8 Å². The number of ether oxygens (including phenoxy) is 2. The van der Waals surface area contributed by atoms with Gasteiger partial charge in [-0.05, 0) is 23.3 Å². The summed E-state index contributed by atoms with van der Waals surface area (Å²) < 4.78 is 11.3. The monoisotopic (exact) mass is 386 g/mol. The van der Waals surface area contributed by atoms with Gasteiger partial charge in [-0.1, -0.05) is 41.9 Å². The molecule has 140 valence electrons. The Hall–Kier alpha value is -2.73. The summed E-state index contributed by atoms with van der Waals surface area (Å²) in [5, 5.41) is 3.17. The van der Waals surface area contributed by atoms with E-state index in [0.717, 1.165) is 12.0 Å². The van der Waals surface area contributed by atoms with Gasteiger partial charge in [0.05, 0.1) is 24.8 Å². The van der Waals surface area contributed by atoms with E-state index >= 15 is 0 Å². The first-order chi connectivity index (χ1) is 13.1. The number of hydrogen-bond donors (Lipinski definition) is 1. The molecule has 0 radical (unpaired) electrons. The van der Waals surface area contributed by atoms with Gasteiger partial charge < -0.3 is 14.8 Å². The molecule has 0 aromatic heterocycles. The minimum atomic E-state index is -0.559. The lowest BCUT2D eigenvalue weighted by Crippen LogP contribution is -2.32. The Balaban J connectivity index is 1.51. The summed E-state index contributed by atoms with van der Waals surface area (Å²) >= 11 is 6.31. The van der Waals surface area contributed by atoms with Crippen molar-refractivity contribution >= 4 is 23.5 Å². The molecule has 4 rings (SSSR count). The number of amides is 3. The van der Waals surface area contributed by atoms with Crippen molar-refractivity contribution in [2.45, 2.75) is 25.4 Å². The molecule has 2 aromatic carbocycles. The van der Waals surface area contributed by atoms with Crippen molar-refractivity contribution in [3.63, 3.8) is 0 Å². The van der Waals surface area contributed by atoms with Gasteiger partial charge in [-0.2, -0.15) is 0 Å². The second-order valence-electron chi connectivity index (χ2n) is 6.57. The molecule has 0 bridgehead atoms. The van der Waals surface area contributed by atoms with Crippen molar-refractivity contribution in [2.24, 2.45) is 0 Å². The third-order valence-corrected chi connectivity index (χ3v) is 4.87. The van der Waals surface area contributed by atoms with E-state index in [4.69, 9.17) is 21.1 Å². The molecule has 2 aliphatic heterocycles. The Bertz CT molecular complexity index is 872. The molecule has 0 unspecified atom stereocenters. The molecule has 0 aliphatic carbocycles. The maximum absolute atomic E-state index is 12.7. The number of rotatable bonds is 4. The summed E-state index contributed by atoms with van der Waals surface area (Å²) in [6, 6.07) is 12.1. The normalized spacial score (nSPS) is 19.0. The summed E-state index contributed by atoms with van der Waals surface area (Å²) in [5.74, 6) is 0.812. The van der Waals surface area contributed by atoms with Crippen LogP contribution in [-0.2, 0) is 17.8 Å². The molecule has 2 aliphatic rings. The lowest BCUT2D eigenvalue weighted by atomic mass is 10.1. The van der Waals surface area contributed by atoms with Crippen LogP contribution in [0.5, 0.6) is 11.5 Å². The first-order valence-electron chi connectivity index (χ1n) is 8.85. The molecule has 2 aromatic rings. The fourth-order valence-electron chi connectivity index (χ4n) is 3.27. The number of imide groups is 1. The van der Waals surface area contributed by atoms with E-state index in [9.17, 15) is 9.59 Å². The predicted octanol–water partition coefficient (Wildman–Crippen LogP) is 3.16. The van der Waals surface area contributed by atoms with E-state index < -0.39 is 12.1 Å². The quantitative estimate of drug-likeness (QED) is 0.819. The molecule has 27 heavy (non-hydrogen) atoms. The molecule has 0 spiro atoms. The fourth-order valence-corrected chi connectivity index (χ4v) is 3.56. The van der Waals surface area contributed by atoms with E-state index in [2.05, 4.69) is 5.32 Å². The Morgan fingerprint density at radius 2 is 1.85 bits per heavy atom. The van der Waals surface area contributed by atoms with Crippen LogP contribution < -0.4 is 14.8 Å². The SMILES string of the molecule is O=C1N[C@H](Cc2ccccc2)C(=O)N1Cc1cc(Cl)c2c(c1)OCCCO2. The van der Waals surface area contributed by atoms with Gasteiger partial charge in [0.25, 0.3) is 5.91 Å². The lowest BCUT2D eigenvalue weighted by molar-refractivity contribution is -0.127. The molecule has 6 nitrogen and oxygen atoms in total. The van der Waals surface area contributed by atoms with Crippen molar-refractivity contribution in [1.82, 2.24) is 10.2 Å². The van der Waals surface area contributed by atoms with E-state index in [-0.39, 0.29) is 12.5 Å². The number of fused-ring (bicyclic) bond motifs is 1. The average Bonchev–Trinajstić information content (AvgIpc) is 2.83. The largest absolute Gasteiger partial charge is 0.489 e. The molecule has 1 N–H and O–H groups in total. The first-order valence-corrected chi connectivity index (χ1v) is 9.23. The Morgan fingerprint density at radius 3 is 2.67 bits per heavy atom. The van der Waals surface area contributed by atoms with Crippen LogP contribution in [0.25, 0.3) is 0 Å². The average molecular weight is 387 g/mol. The smallest absolute Gasteiger partial charge is 0.325 e. The number of hydrogen-bond acceptors (Lipinski definition) is 4. The van der Waals surface area contributed by atoms with Crippen LogP contribution in [0.15, 0.2) is 42.5 Å². The zero-order valence-corrected chi connectivity index (χ0v) is 15.4. The first kappa shape index (κ1) is 17.7. The third kappa shape index (κ3) is 3.71. The van der Waals surface area contributed by atoms with Gasteiger partial charge in [-0.3, -0.25) is 9.69 Å². The molecule has 1 fully saturated rings. The second-order valence-corrected chi connectivity index (χ2v) is 6.98. The van der Waals surface area contributed by atoms with Crippen LogP contribution in [0.4, 0.5) is 4.79 Å². The number of benzene rings is 2. The van der Waals surface area contributed by atoms with Crippen LogP contribution in [-0.4, -0.2) is 36.1 Å². The Kier molecular flexibility index (Phi) is 4.90. The highest BCUT2D eigenvalue weighted by molar-refractivity contribution is 6.32. The number of halogens is 1. The summed E-state index contributed by atoms with van der Waals surface area (Å²) in [4.78, 5) is 26.2. The highest BCUT2D eigenvalue weighted by Crippen LogP contribution is 2.38. The Morgan fingerprint density at radius 1 is 1.07 bits per heavy atom. The maximum atomic E-state index is 12.7. The summed E-state index contributed by atoms with van der Waals surface area (Å²) in [6.07, 6.45) is 1.23. The summed E-state index contributed by atoms with van der Waals surface area (Å²) in [5.41, 5.74) is 1.71. The maximum Gasteiger partial charge on any atom is 0.325 e. The molecule has 1 atom stereocenters. The molecule has 2 heterocycles. The van der Waals surface area contributed by atoms with Crippen molar-refractivity contribution in [3.8, 4) is 11.5 Å². The number of nitrogens with one attached hydrogen (secondary N) is 1. The highest BCUT2D eigenvalue weighted by Gasteiger charge is 2.38. The number of carbonyl (C=O) groups is 2. The molecule has 1 saturated heterocycles. The molecular formula is C20H19ClN2O4. The van der Waals surface area contributed by atoms with Gasteiger partial charge in [-0.15, -0.1) is 0 Å².